The number of carbonyl (C=O) groups is 1. The summed E-state index contributed by atoms with van der Waals surface area (Å²) in [6.07, 6.45) is 3.57. The number of carbonyl (C=O) groups excluding carboxylic acids is 1. The number of halogens is 2. The average molecular weight is 393 g/mol. The van der Waals surface area contributed by atoms with Crippen molar-refractivity contribution in [3.63, 3.8) is 0 Å². The van der Waals surface area contributed by atoms with Gasteiger partial charge in [-0.3, -0.25) is 4.79 Å². The van der Waals surface area contributed by atoms with Crippen LogP contribution in [-0.4, -0.2) is 50.0 Å². The van der Waals surface area contributed by atoms with Gasteiger partial charge in [0.05, 0.1) is 12.5 Å². The quantitative estimate of drug-likeness (QED) is 0.736. The van der Waals surface area contributed by atoms with E-state index in [0.717, 1.165) is 12.1 Å². The Labute approximate surface area is 161 Å². The van der Waals surface area contributed by atoms with E-state index >= 15 is 0 Å². The molecule has 1 N–H and O–H groups in total. The molecule has 1 aliphatic heterocycles. The summed E-state index contributed by atoms with van der Waals surface area (Å²) in [5.74, 6) is 0.978. The molecule has 0 aliphatic carbocycles. The molecule has 0 radical (unpaired) electrons. The molecule has 0 bridgehead atoms. The van der Waals surface area contributed by atoms with E-state index < -0.39 is 0 Å². The van der Waals surface area contributed by atoms with Gasteiger partial charge in [-0.2, -0.15) is 4.98 Å². The zero-order chi connectivity index (χ0) is 17.2. The van der Waals surface area contributed by atoms with E-state index in [-0.39, 0.29) is 30.8 Å². The average Bonchev–Trinajstić information content (AvgIpc) is 3.04. The Morgan fingerprint density at radius 2 is 2.23 bits per heavy atom. The van der Waals surface area contributed by atoms with Crippen molar-refractivity contribution in [1.29, 1.82) is 0 Å². The first-order chi connectivity index (χ1) is 12.2. The topological polar surface area (TPSA) is 75.4 Å². The molecule has 2 aromatic heterocycles. The highest BCUT2D eigenvalue weighted by Gasteiger charge is 2.28. The number of rotatable bonds is 3. The number of nitrogens with one attached hydrogen (secondary N) is 1. The van der Waals surface area contributed by atoms with Gasteiger partial charge >= 0.3 is 0 Å². The molecule has 0 saturated carbocycles. The van der Waals surface area contributed by atoms with Crippen LogP contribution in [0.4, 0.5) is 0 Å². The van der Waals surface area contributed by atoms with Gasteiger partial charge in [-0.25, -0.2) is 9.50 Å². The second-order valence-corrected chi connectivity index (χ2v) is 6.37. The Balaban J connectivity index is 0.00000196. The van der Waals surface area contributed by atoms with E-state index in [4.69, 9.17) is 11.6 Å². The standard InChI is InChI=1S/C17H17ClN6O.ClH/c18-13-4-1-3-12(9-13)14-11-19-6-8-23(14)16(25)10-15-21-17-20-5-2-7-24(17)22-15;/h1-5,7,9,14,19H,6,8,10-11H2;1H. The number of hydrogen-bond donors (Lipinski definition) is 1. The Bertz CT molecular complexity index is 882. The van der Waals surface area contributed by atoms with Gasteiger partial charge in [-0.05, 0) is 23.8 Å². The largest absolute Gasteiger partial charge is 0.333 e. The summed E-state index contributed by atoms with van der Waals surface area (Å²) >= 11 is 6.11. The maximum Gasteiger partial charge on any atom is 0.252 e. The van der Waals surface area contributed by atoms with Crippen molar-refractivity contribution in [2.45, 2.75) is 12.5 Å². The summed E-state index contributed by atoms with van der Waals surface area (Å²) in [6, 6.07) is 9.38. The maximum absolute atomic E-state index is 12.9. The molecule has 1 fully saturated rings. The van der Waals surface area contributed by atoms with E-state index in [0.29, 0.717) is 29.7 Å². The molecular formula is C17H18Cl2N6O. The molecule has 3 heterocycles. The Kier molecular flexibility index (Phi) is 5.70. The van der Waals surface area contributed by atoms with Crippen LogP contribution in [0.3, 0.4) is 0 Å². The normalized spacial score (nSPS) is 17.1. The summed E-state index contributed by atoms with van der Waals surface area (Å²) in [6.45, 7) is 2.11. The van der Waals surface area contributed by atoms with E-state index in [2.05, 4.69) is 20.4 Å². The monoisotopic (exact) mass is 392 g/mol. The minimum atomic E-state index is -0.0462. The lowest BCUT2D eigenvalue weighted by Gasteiger charge is -2.36. The molecule has 1 atom stereocenters. The van der Waals surface area contributed by atoms with Crippen LogP contribution in [0.25, 0.3) is 5.78 Å². The molecule has 1 unspecified atom stereocenters. The second kappa shape index (κ2) is 7.99. The molecule has 1 aromatic carbocycles. The fourth-order valence-electron chi connectivity index (χ4n) is 3.10. The highest BCUT2D eigenvalue weighted by Crippen LogP contribution is 2.25. The zero-order valence-corrected chi connectivity index (χ0v) is 15.5. The highest BCUT2D eigenvalue weighted by molar-refractivity contribution is 6.30. The third-order valence-corrected chi connectivity index (χ3v) is 4.50. The molecule has 9 heteroatoms. The van der Waals surface area contributed by atoms with E-state index in [1.54, 1.807) is 23.0 Å². The molecule has 1 aliphatic rings. The van der Waals surface area contributed by atoms with Gasteiger partial charge in [-0.1, -0.05) is 23.7 Å². The number of amides is 1. The summed E-state index contributed by atoms with van der Waals surface area (Å²) in [5, 5.41) is 8.33. The number of fused-ring (bicyclic) bond motifs is 1. The van der Waals surface area contributed by atoms with Crippen molar-refractivity contribution in [3.05, 3.63) is 59.1 Å². The van der Waals surface area contributed by atoms with Crippen LogP contribution in [0.2, 0.25) is 5.02 Å². The van der Waals surface area contributed by atoms with Crippen molar-refractivity contribution >= 4 is 35.7 Å². The molecule has 7 nitrogen and oxygen atoms in total. The Morgan fingerprint density at radius 3 is 3.04 bits per heavy atom. The summed E-state index contributed by atoms with van der Waals surface area (Å²) in [5.41, 5.74) is 1.03. The maximum atomic E-state index is 12.9. The molecule has 1 saturated heterocycles. The molecular weight excluding hydrogens is 375 g/mol. The van der Waals surface area contributed by atoms with Gasteiger partial charge in [0.2, 0.25) is 5.91 Å². The van der Waals surface area contributed by atoms with E-state index in [1.807, 2.05) is 29.2 Å². The van der Waals surface area contributed by atoms with Crippen molar-refractivity contribution in [2.75, 3.05) is 19.6 Å². The molecule has 26 heavy (non-hydrogen) atoms. The van der Waals surface area contributed by atoms with Gasteiger partial charge in [0, 0.05) is 37.1 Å². The first-order valence-corrected chi connectivity index (χ1v) is 8.50. The van der Waals surface area contributed by atoms with Crippen LogP contribution in [0.1, 0.15) is 17.4 Å². The van der Waals surface area contributed by atoms with Crippen molar-refractivity contribution < 1.29 is 4.79 Å². The number of piperazine rings is 1. The molecule has 3 aromatic rings. The molecule has 136 valence electrons. The lowest BCUT2D eigenvalue weighted by molar-refractivity contribution is -0.133. The van der Waals surface area contributed by atoms with Gasteiger partial charge < -0.3 is 10.2 Å². The van der Waals surface area contributed by atoms with Crippen LogP contribution in [0.5, 0.6) is 0 Å². The molecule has 1 amide bonds. The fraction of sp³-hybridized carbons (Fsp3) is 0.294. The van der Waals surface area contributed by atoms with Crippen LogP contribution >= 0.6 is 24.0 Å². The number of hydrogen-bond acceptors (Lipinski definition) is 5. The fourth-order valence-corrected chi connectivity index (χ4v) is 3.30. The van der Waals surface area contributed by atoms with Crippen molar-refractivity contribution in [2.24, 2.45) is 0 Å². The smallest absolute Gasteiger partial charge is 0.252 e. The van der Waals surface area contributed by atoms with Crippen molar-refractivity contribution in [1.82, 2.24) is 29.8 Å². The zero-order valence-electron chi connectivity index (χ0n) is 13.9. The van der Waals surface area contributed by atoms with Gasteiger partial charge in [0.25, 0.3) is 5.78 Å². The third-order valence-electron chi connectivity index (χ3n) is 4.27. The van der Waals surface area contributed by atoms with Crippen LogP contribution in [-0.2, 0) is 11.2 Å². The predicted molar refractivity (Wildman–Crippen MR) is 101 cm³/mol. The van der Waals surface area contributed by atoms with Gasteiger partial charge in [0.15, 0.2) is 5.82 Å². The molecule has 0 spiro atoms. The number of nitrogens with zero attached hydrogens (tertiary/aromatic N) is 5. The lowest BCUT2D eigenvalue weighted by atomic mass is 10.0. The Morgan fingerprint density at radius 1 is 1.35 bits per heavy atom. The minimum absolute atomic E-state index is 0. The first kappa shape index (κ1) is 18.6. The van der Waals surface area contributed by atoms with Crippen LogP contribution in [0, 0.1) is 0 Å². The van der Waals surface area contributed by atoms with E-state index in [9.17, 15) is 4.79 Å². The number of aromatic nitrogens is 4. The first-order valence-electron chi connectivity index (χ1n) is 8.12. The van der Waals surface area contributed by atoms with Crippen molar-refractivity contribution in [3.8, 4) is 0 Å². The minimum Gasteiger partial charge on any atom is -0.333 e. The highest BCUT2D eigenvalue weighted by atomic mass is 35.5. The second-order valence-electron chi connectivity index (χ2n) is 5.93. The predicted octanol–water partition coefficient (Wildman–Crippen LogP) is 1.92. The molecule has 4 rings (SSSR count). The Hall–Kier alpha value is -2.22. The third kappa shape index (κ3) is 3.80. The summed E-state index contributed by atoms with van der Waals surface area (Å²) in [4.78, 5) is 23.2. The van der Waals surface area contributed by atoms with Crippen LogP contribution in [0.15, 0.2) is 42.7 Å². The summed E-state index contributed by atoms with van der Waals surface area (Å²) < 4.78 is 1.58. The number of benzene rings is 1. The van der Waals surface area contributed by atoms with E-state index in [1.165, 1.54) is 0 Å². The SMILES string of the molecule is Cl.O=C(Cc1nc2ncccn2n1)N1CCNCC1c1cccc(Cl)c1. The van der Waals surface area contributed by atoms with Crippen LogP contribution < -0.4 is 5.32 Å². The van der Waals surface area contributed by atoms with Gasteiger partial charge in [0.1, 0.15) is 0 Å². The van der Waals surface area contributed by atoms with Gasteiger partial charge in [-0.15, -0.1) is 17.5 Å². The lowest BCUT2D eigenvalue weighted by Crippen LogP contribution is -2.49. The summed E-state index contributed by atoms with van der Waals surface area (Å²) in [7, 11) is 0.